The van der Waals surface area contributed by atoms with E-state index in [0.717, 1.165) is 37.1 Å². The maximum Gasteiger partial charge on any atom is 0.223 e. The van der Waals surface area contributed by atoms with Gasteiger partial charge in [-0.05, 0) is 54.9 Å². The van der Waals surface area contributed by atoms with E-state index < -0.39 is 17.2 Å². The number of hydrogen-bond donors (Lipinski definition) is 0. The quantitative estimate of drug-likeness (QED) is 0.763. The summed E-state index contributed by atoms with van der Waals surface area (Å²) in [6, 6.07) is 5.56. The van der Waals surface area contributed by atoms with Gasteiger partial charge >= 0.3 is 0 Å². The number of aromatic nitrogens is 2. The van der Waals surface area contributed by atoms with E-state index in [1.54, 1.807) is 6.07 Å². The lowest BCUT2D eigenvalue weighted by Crippen LogP contribution is -2.53. The molecule has 1 saturated heterocycles. The van der Waals surface area contributed by atoms with Crippen LogP contribution in [0.2, 0.25) is 0 Å². The third-order valence-electron chi connectivity index (χ3n) is 6.45. The van der Waals surface area contributed by atoms with Crippen LogP contribution in [0.3, 0.4) is 0 Å². The van der Waals surface area contributed by atoms with Crippen molar-refractivity contribution in [2.75, 3.05) is 6.54 Å². The molecular weight excluding hydrogens is 360 g/mol. The molecule has 4 nitrogen and oxygen atoms in total. The SMILES string of the molecule is CC1CCC(C(C)C)(N2CCCC2=O)c2nnc(-c3c(F)cccc3F)cc21. The first-order valence-electron chi connectivity index (χ1n) is 9.99. The minimum atomic E-state index is -0.650. The van der Waals surface area contributed by atoms with Crippen molar-refractivity contribution in [3.8, 4) is 11.3 Å². The standard InChI is InChI=1S/C22H25F2N3O/c1-13(2)22(27-11-5-8-19(27)28)10-9-14(3)15-12-18(25-26-21(15)22)20-16(23)6-4-7-17(20)24/h4,6-7,12-14H,5,8-11H2,1-3H3. The molecule has 2 unspecified atom stereocenters. The Morgan fingerprint density at radius 2 is 1.93 bits per heavy atom. The molecular formula is C22H25F2N3O. The Hall–Kier alpha value is -2.37. The Labute approximate surface area is 164 Å². The molecule has 4 rings (SSSR count). The van der Waals surface area contributed by atoms with E-state index in [1.807, 2.05) is 4.90 Å². The second-order valence-electron chi connectivity index (χ2n) is 8.30. The van der Waals surface area contributed by atoms with Gasteiger partial charge in [-0.1, -0.05) is 26.8 Å². The monoisotopic (exact) mass is 385 g/mol. The molecule has 1 aromatic carbocycles. The number of fused-ring (bicyclic) bond motifs is 1. The van der Waals surface area contributed by atoms with Crippen molar-refractivity contribution in [1.82, 2.24) is 15.1 Å². The molecule has 6 heteroatoms. The van der Waals surface area contributed by atoms with Gasteiger partial charge in [0.05, 0.1) is 22.5 Å². The summed E-state index contributed by atoms with van der Waals surface area (Å²) >= 11 is 0. The van der Waals surface area contributed by atoms with Crippen LogP contribution in [-0.4, -0.2) is 27.5 Å². The highest BCUT2D eigenvalue weighted by atomic mass is 19.1. The topological polar surface area (TPSA) is 46.1 Å². The zero-order chi connectivity index (χ0) is 20.1. The van der Waals surface area contributed by atoms with Crippen LogP contribution in [0.5, 0.6) is 0 Å². The normalized spacial score (nSPS) is 24.7. The predicted molar refractivity (Wildman–Crippen MR) is 102 cm³/mol. The minimum Gasteiger partial charge on any atom is -0.331 e. The molecule has 1 fully saturated rings. The van der Waals surface area contributed by atoms with Crippen molar-refractivity contribution in [1.29, 1.82) is 0 Å². The first-order valence-corrected chi connectivity index (χ1v) is 9.99. The summed E-state index contributed by atoms with van der Waals surface area (Å²) in [4.78, 5) is 14.6. The fourth-order valence-electron chi connectivity index (χ4n) is 4.90. The second kappa shape index (κ2) is 6.90. The summed E-state index contributed by atoms with van der Waals surface area (Å²) in [5.74, 6) is -0.805. The molecule has 1 aliphatic heterocycles. The smallest absolute Gasteiger partial charge is 0.223 e. The first-order chi connectivity index (χ1) is 13.4. The molecule has 0 saturated carbocycles. The Morgan fingerprint density at radius 3 is 2.54 bits per heavy atom. The molecule has 0 N–H and O–H groups in total. The number of amides is 1. The molecule has 0 radical (unpaired) electrons. The van der Waals surface area contributed by atoms with E-state index in [1.165, 1.54) is 18.2 Å². The molecule has 2 atom stereocenters. The summed E-state index contributed by atoms with van der Waals surface area (Å²) in [5, 5.41) is 8.73. The predicted octanol–water partition coefficient (Wildman–Crippen LogP) is 4.79. The Morgan fingerprint density at radius 1 is 1.21 bits per heavy atom. The van der Waals surface area contributed by atoms with Gasteiger partial charge in [0.2, 0.25) is 5.91 Å². The van der Waals surface area contributed by atoms with Crippen LogP contribution < -0.4 is 0 Å². The van der Waals surface area contributed by atoms with Crippen molar-refractivity contribution in [3.63, 3.8) is 0 Å². The van der Waals surface area contributed by atoms with Crippen molar-refractivity contribution < 1.29 is 13.6 Å². The maximum absolute atomic E-state index is 14.3. The van der Waals surface area contributed by atoms with Crippen molar-refractivity contribution >= 4 is 5.91 Å². The molecule has 2 heterocycles. The average Bonchev–Trinajstić information content (AvgIpc) is 3.08. The van der Waals surface area contributed by atoms with Gasteiger partial charge in [0.1, 0.15) is 11.6 Å². The lowest BCUT2D eigenvalue weighted by Gasteiger charge is -2.48. The van der Waals surface area contributed by atoms with Crippen LogP contribution in [0.4, 0.5) is 8.78 Å². The van der Waals surface area contributed by atoms with Gasteiger partial charge in [0, 0.05) is 13.0 Å². The van der Waals surface area contributed by atoms with Crippen LogP contribution in [0.25, 0.3) is 11.3 Å². The lowest BCUT2D eigenvalue weighted by molar-refractivity contribution is -0.137. The number of hydrogen-bond acceptors (Lipinski definition) is 3. The van der Waals surface area contributed by atoms with E-state index in [-0.39, 0.29) is 29.0 Å². The van der Waals surface area contributed by atoms with Gasteiger partial charge < -0.3 is 4.90 Å². The number of carbonyl (C=O) groups excluding carboxylic acids is 1. The number of benzene rings is 1. The highest BCUT2D eigenvalue weighted by molar-refractivity contribution is 5.79. The molecule has 148 valence electrons. The van der Waals surface area contributed by atoms with Crippen LogP contribution in [0.1, 0.15) is 63.6 Å². The van der Waals surface area contributed by atoms with Gasteiger partial charge in [-0.2, -0.15) is 5.10 Å². The largest absolute Gasteiger partial charge is 0.331 e. The fourth-order valence-corrected chi connectivity index (χ4v) is 4.90. The number of likely N-dealkylation sites (tertiary alicyclic amines) is 1. The van der Waals surface area contributed by atoms with Gasteiger partial charge in [0.15, 0.2) is 0 Å². The molecule has 0 bridgehead atoms. The average molecular weight is 385 g/mol. The summed E-state index contributed by atoms with van der Waals surface area (Å²) in [7, 11) is 0. The van der Waals surface area contributed by atoms with Crippen LogP contribution in [0, 0.1) is 17.6 Å². The molecule has 2 aromatic rings. The van der Waals surface area contributed by atoms with Gasteiger partial charge in [-0.15, -0.1) is 5.10 Å². The molecule has 28 heavy (non-hydrogen) atoms. The molecule has 1 aromatic heterocycles. The van der Waals surface area contributed by atoms with E-state index in [4.69, 9.17) is 0 Å². The summed E-state index contributed by atoms with van der Waals surface area (Å²) < 4.78 is 28.6. The van der Waals surface area contributed by atoms with Crippen molar-refractivity contribution in [2.24, 2.45) is 5.92 Å². The maximum atomic E-state index is 14.3. The third kappa shape index (κ3) is 2.73. The Bertz CT molecular complexity index is 910. The summed E-state index contributed by atoms with van der Waals surface area (Å²) in [6.45, 7) is 7.03. The molecule has 2 aliphatic rings. The minimum absolute atomic E-state index is 0.150. The zero-order valence-corrected chi connectivity index (χ0v) is 16.5. The number of carbonyl (C=O) groups is 1. The Balaban J connectivity index is 1.90. The van der Waals surface area contributed by atoms with E-state index in [9.17, 15) is 13.6 Å². The zero-order valence-electron chi connectivity index (χ0n) is 16.5. The first kappa shape index (κ1) is 19.0. The number of nitrogens with zero attached hydrogens (tertiary/aromatic N) is 3. The highest BCUT2D eigenvalue weighted by Gasteiger charge is 2.50. The van der Waals surface area contributed by atoms with E-state index in [0.29, 0.717) is 6.42 Å². The van der Waals surface area contributed by atoms with Gasteiger partial charge in [-0.3, -0.25) is 4.79 Å². The van der Waals surface area contributed by atoms with Gasteiger partial charge in [-0.25, -0.2) is 8.78 Å². The van der Waals surface area contributed by atoms with Crippen LogP contribution >= 0.6 is 0 Å². The fraction of sp³-hybridized carbons (Fsp3) is 0.500. The highest BCUT2D eigenvalue weighted by Crippen LogP contribution is 2.49. The second-order valence-corrected chi connectivity index (χ2v) is 8.30. The summed E-state index contributed by atoms with van der Waals surface area (Å²) in [5.41, 5.74) is 1.27. The molecule has 1 aliphatic carbocycles. The lowest BCUT2D eigenvalue weighted by atomic mass is 9.69. The third-order valence-corrected chi connectivity index (χ3v) is 6.45. The van der Waals surface area contributed by atoms with Crippen LogP contribution in [0.15, 0.2) is 24.3 Å². The number of rotatable bonds is 3. The van der Waals surface area contributed by atoms with Crippen molar-refractivity contribution in [2.45, 2.75) is 57.9 Å². The van der Waals surface area contributed by atoms with Crippen LogP contribution in [-0.2, 0) is 10.3 Å². The number of halogens is 2. The van der Waals surface area contributed by atoms with Gasteiger partial charge in [0.25, 0.3) is 0 Å². The van der Waals surface area contributed by atoms with Crippen molar-refractivity contribution in [3.05, 3.63) is 47.2 Å². The summed E-state index contributed by atoms with van der Waals surface area (Å²) in [6.07, 6.45) is 3.13. The Kier molecular flexibility index (Phi) is 4.68. The van der Waals surface area contributed by atoms with E-state index in [2.05, 4.69) is 31.0 Å². The van der Waals surface area contributed by atoms with E-state index >= 15 is 0 Å². The molecule has 0 spiro atoms. The molecule has 1 amide bonds.